The number of hydrogen-bond acceptors (Lipinski definition) is 4. The third kappa shape index (κ3) is 2.27. The molecule has 3 aromatic rings. The molecule has 0 bridgehead atoms. The number of anilines is 1. The highest BCUT2D eigenvalue weighted by Gasteiger charge is 2.21. The molecule has 3 rings (SSSR count). The van der Waals surface area contributed by atoms with Crippen LogP contribution in [0.15, 0.2) is 35.7 Å². The minimum absolute atomic E-state index is 0.306. The monoisotopic (exact) mass is 303 g/mol. The molecule has 0 radical (unpaired) electrons. The largest absolute Gasteiger partial charge is 0.495 e. The second-order valence-electron chi connectivity index (χ2n) is 4.56. The van der Waals surface area contributed by atoms with Gasteiger partial charge in [0.2, 0.25) is 0 Å². The maximum atomic E-state index is 13.5. The Kier molecular flexibility index (Phi) is 3.39. The first kappa shape index (κ1) is 13.6. The fraction of sp³-hybridized carbons (Fsp3) is 0.133. The average Bonchev–Trinajstić information content (AvgIpc) is 3.04. The summed E-state index contributed by atoms with van der Waals surface area (Å²) < 4.78 is 20.5. The number of aryl methyl sites for hydroxylation is 1. The molecule has 0 saturated heterocycles. The summed E-state index contributed by atoms with van der Waals surface area (Å²) in [7, 11) is 3.38. The van der Waals surface area contributed by atoms with Gasteiger partial charge in [0.1, 0.15) is 23.1 Å². The van der Waals surface area contributed by atoms with Crippen molar-refractivity contribution in [2.75, 3.05) is 12.8 Å². The van der Waals surface area contributed by atoms with Gasteiger partial charge in [-0.05, 0) is 29.1 Å². The Hall–Kier alpha value is -2.34. The first-order valence-corrected chi connectivity index (χ1v) is 7.20. The molecule has 108 valence electrons. The molecule has 0 unspecified atom stereocenters. The van der Waals surface area contributed by atoms with E-state index in [9.17, 15) is 4.39 Å². The van der Waals surface area contributed by atoms with E-state index in [-0.39, 0.29) is 5.82 Å². The van der Waals surface area contributed by atoms with Crippen molar-refractivity contribution >= 4 is 17.2 Å². The highest BCUT2D eigenvalue weighted by molar-refractivity contribution is 7.14. The van der Waals surface area contributed by atoms with Crippen molar-refractivity contribution in [3.8, 4) is 27.4 Å². The van der Waals surface area contributed by atoms with Gasteiger partial charge in [-0.2, -0.15) is 5.10 Å². The molecule has 4 nitrogen and oxygen atoms in total. The van der Waals surface area contributed by atoms with Crippen molar-refractivity contribution < 1.29 is 9.13 Å². The van der Waals surface area contributed by atoms with E-state index in [0.717, 1.165) is 16.2 Å². The van der Waals surface area contributed by atoms with Gasteiger partial charge in [-0.3, -0.25) is 4.68 Å². The number of nitrogens with two attached hydrogens (primary N) is 1. The summed E-state index contributed by atoms with van der Waals surface area (Å²) in [6.07, 6.45) is 0. The van der Waals surface area contributed by atoms with Gasteiger partial charge < -0.3 is 10.5 Å². The quantitative estimate of drug-likeness (QED) is 0.805. The van der Waals surface area contributed by atoms with Gasteiger partial charge >= 0.3 is 0 Å². The number of rotatable bonds is 3. The molecule has 0 amide bonds. The lowest BCUT2D eigenvalue weighted by Gasteiger charge is -2.05. The van der Waals surface area contributed by atoms with E-state index in [1.165, 1.54) is 23.5 Å². The Balaban J connectivity index is 2.26. The van der Waals surface area contributed by atoms with Crippen molar-refractivity contribution in [3.05, 3.63) is 41.5 Å². The first-order valence-electron chi connectivity index (χ1n) is 6.32. The smallest absolute Gasteiger partial charge is 0.139 e. The van der Waals surface area contributed by atoms with Gasteiger partial charge in [-0.1, -0.05) is 12.1 Å². The molecule has 0 fully saturated rings. The predicted octanol–water partition coefficient (Wildman–Crippen LogP) is 3.55. The predicted molar refractivity (Wildman–Crippen MR) is 82.9 cm³/mol. The molecule has 2 heterocycles. The van der Waals surface area contributed by atoms with E-state index < -0.39 is 0 Å². The summed E-state index contributed by atoms with van der Waals surface area (Å²) in [5.41, 5.74) is 8.25. The lowest BCUT2D eigenvalue weighted by molar-refractivity contribution is 0.418. The molecule has 0 spiro atoms. The standard InChI is InChI=1S/C15H14FN3OS/c1-19-15(17)12(9-4-3-5-10(16)8-9)13(18-19)14-11(20-2)6-7-21-14/h3-8H,17H2,1-2H3. The zero-order valence-electron chi connectivity index (χ0n) is 11.6. The maximum absolute atomic E-state index is 13.5. The topological polar surface area (TPSA) is 53.1 Å². The number of aromatic nitrogens is 2. The van der Waals surface area contributed by atoms with Crippen molar-refractivity contribution in [2.24, 2.45) is 7.05 Å². The molecule has 0 aliphatic heterocycles. The summed E-state index contributed by atoms with van der Waals surface area (Å²) in [5, 5.41) is 6.39. The van der Waals surface area contributed by atoms with Crippen molar-refractivity contribution in [1.82, 2.24) is 9.78 Å². The lowest BCUT2D eigenvalue weighted by atomic mass is 10.0. The summed E-state index contributed by atoms with van der Waals surface area (Å²) in [6.45, 7) is 0. The van der Waals surface area contributed by atoms with Gasteiger partial charge in [-0.25, -0.2) is 4.39 Å². The van der Waals surface area contributed by atoms with Crippen LogP contribution < -0.4 is 10.5 Å². The van der Waals surface area contributed by atoms with Crippen LogP contribution in [-0.2, 0) is 7.05 Å². The van der Waals surface area contributed by atoms with E-state index in [0.29, 0.717) is 17.1 Å². The van der Waals surface area contributed by atoms with E-state index >= 15 is 0 Å². The van der Waals surface area contributed by atoms with Gasteiger partial charge in [0.15, 0.2) is 0 Å². The maximum Gasteiger partial charge on any atom is 0.139 e. The van der Waals surface area contributed by atoms with Crippen molar-refractivity contribution in [3.63, 3.8) is 0 Å². The number of hydrogen-bond donors (Lipinski definition) is 1. The van der Waals surface area contributed by atoms with Gasteiger partial charge in [0, 0.05) is 7.05 Å². The highest BCUT2D eigenvalue weighted by atomic mass is 32.1. The van der Waals surface area contributed by atoms with Crippen LogP contribution in [0.2, 0.25) is 0 Å². The Morgan fingerprint density at radius 1 is 1.33 bits per heavy atom. The summed E-state index contributed by atoms with van der Waals surface area (Å²) in [6, 6.07) is 8.21. The van der Waals surface area contributed by atoms with Crippen LogP contribution in [-0.4, -0.2) is 16.9 Å². The van der Waals surface area contributed by atoms with Gasteiger partial charge in [0.25, 0.3) is 0 Å². The van der Waals surface area contributed by atoms with E-state index in [1.807, 2.05) is 17.5 Å². The molecule has 0 atom stereocenters. The molecule has 1 aromatic carbocycles. The average molecular weight is 303 g/mol. The zero-order valence-corrected chi connectivity index (χ0v) is 12.4. The third-order valence-electron chi connectivity index (χ3n) is 3.27. The van der Waals surface area contributed by atoms with Crippen LogP contribution in [0.1, 0.15) is 0 Å². The molecule has 0 aliphatic carbocycles. The Labute approximate surface area is 125 Å². The van der Waals surface area contributed by atoms with Crippen molar-refractivity contribution in [1.29, 1.82) is 0 Å². The van der Waals surface area contributed by atoms with Crippen LogP contribution in [0, 0.1) is 5.82 Å². The Morgan fingerprint density at radius 3 is 2.86 bits per heavy atom. The molecular formula is C15H14FN3OS. The summed E-state index contributed by atoms with van der Waals surface area (Å²) in [5.74, 6) is 0.918. The third-order valence-corrected chi connectivity index (χ3v) is 4.17. The highest BCUT2D eigenvalue weighted by Crippen LogP contribution is 2.42. The van der Waals surface area contributed by atoms with E-state index in [1.54, 1.807) is 24.9 Å². The van der Waals surface area contributed by atoms with E-state index in [4.69, 9.17) is 10.5 Å². The molecule has 21 heavy (non-hydrogen) atoms. The van der Waals surface area contributed by atoms with Crippen LogP contribution in [0.5, 0.6) is 5.75 Å². The Morgan fingerprint density at radius 2 is 2.14 bits per heavy atom. The minimum Gasteiger partial charge on any atom is -0.495 e. The number of halogens is 1. The number of benzene rings is 1. The number of ether oxygens (including phenoxy) is 1. The van der Waals surface area contributed by atoms with Crippen LogP contribution in [0.25, 0.3) is 21.7 Å². The Bertz CT molecular complexity index is 794. The number of methoxy groups -OCH3 is 1. The number of nitrogens with zero attached hydrogens (tertiary/aromatic N) is 2. The fourth-order valence-corrected chi connectivity index (χ4v) is 3.11. The van der Waals surface area contributed by atoms with Gasteiger partial charge in [0.05, 0.1) is 17.6 Å². The van der Waals surface area contributed by atoms with E-state index in [2.05, 4.69) is 5.10 Å². The van der Waals surface area contributed by atoms with Gasteiger partial charge in [-0.15, -0.1) is 11.3 Å². The summed E-state index contributed by atoms with van der Waals surface area (Å²) in [4.78, 5) is 0.879. The van der Waals surface area contributed by atoms with Crippen LogP contribution in [0.3, 0.4) is 0 Å². The normalized spacial score (nSPS) is 10.8. The summed E-state index contributed by atoms with van der Waals surface area (Å²) >= 11 is 1.51. The molecule has 2 N–H and O–H groups in total. The van der Waals surface area contributed by atoms with Crippen LogP contribution in [0.4, 0.5) is 10.2 Å². The van der Waals surface area contributed by atoms with Crippen LogP contribution >= 0.6 is 11.3 Å². The molecule has 0 aliphatic rings. The molecular weight excluding hydrogens is 289 g/mol. The SMILES string of the molecule is COc1ccsc1-c1nn(C)c(N)c1-c1cccc(F)c1. The molecule has 0 saturated carbocycles. The minimum atomic E-state index is -0.306. The first-order chi connectivity index (χ1) is 10.1. The lowest BCUT2D eigenvalue weighted by Crippen LogP contribution is -1.98. The number of thiophene rings is 1. The molecule has 6 heteroatoms. The molecule has 2 aromatic heterocycles. The second-order valence-corrected chi connectivity index (χ2v) is 5.48. The second kappa shape index (κ2) is 5.21. The number of nitrogen functional groups attached to an aromatic ring is 1. The zero-order chi connectivity index (χ0) is 15.0. The fourth-order valence-electron chi connectivity index (χ4n) is 2.26. The van der Waals surface area contributed by atoms with Crippen molar-refractivity contribution in [2.45, 2.75) is 0 Å².